The third kappa shape index (κ3) is 4.92. The van der Waals surface area contributed by atoms with Crippen LogP contribution in [0.25, 0.3) is 0 Å². The van der Waals surface area contributed by atoms with Gasteiger partial charge in [0.05, 0.1) is 0 Å². The Labute approximate surface area is 115 Å². The van der Waals surface area contributed by atoms with Gasteiger partial charge in [-0.25, -0.2) is 0 Å². The number of hydrogen-bond acceptors (Lipinski definition) is 3. The fourth-order valence-electron chi connectivity index (χ4n) is 2.23. The third-order valence-electron chi connectivity index (χ3n) is 3.63. The first-order valence-corrected chi connectivity index (χ1v) is 7.14. The predicted molar refractivity (Wildman–Crippen MR) is 75.8 cm³/mol. The van der Waals surface area contributed by atoms with Crippen molar-refractivity contribution in [3.8, 4) is 11.8 Å². The first-order valence-electron chi connectivity index (χ1n) is 7.14. The van der Waals surface area contributed by atoms with Gasteiger partial charge in [-0.1, -0.05) is 31.9 Å². The minimum Gasteiger partial charge on any atom is -0.479 e. The van der Waals surface area contributed by atoms with Crippen LogP contribution >= 0.6 is 0 Å². The van der Waals surface area contributed by atoms with Gasteiger partial charge in [0, 0.05) is 12.6 Å². The Morgan fingerprint density at radius 2 is 2.11 bits per heavy atom. The number of nitriles is 1. The van der Waals surface area contributed by atoms with Crippen LogP contribution in [0.1, 0.15) is 38.2 Å². The lowest BCUT2D eigenvalue weighted by atomic mass is 10.1. The molecule has 0 aromatic heterocycles. The SMILES string of the molecule is CCC(CC1CC1)NCc1ccc(OCC#N)cc1. The van der Waals surface area contributed by atoms with E-state index in [9.17, 15) is 0 Å². The second-order valence-corrected chi connectivity index (χ2v) is 5.26. The van der Waals surface area contributed by atoms with Crippen molar-refractivity contribution in [3.63, 3.8) is 0 Å². The standard InChI is InChI=1S/C16H22N2O/c1-2-15(11-13-3-4-13)18-12-14-5-7-16(8-6-14)19-10-9-17/h5-8,13,15,18H,2-4,10-12H2,1H3. The average molecular weight is 258 g/mol. The maximum Gasteiger partial charge on any atom is 0.174 e. The Bertz CT molecular complexity index is 417. The van der Waals surface area contributed by atoms with Crippen molar-refractivity contribution in [2.45, 2.75) is 45.2 Å². The van der Waals surface area contributed by atoms with Gasteiger partial charge >= 0.3 is 0 Å². The van der Waals surface area contributed by atoms with E-state index < -0.39 is 0 Å². The topological polar surface area (TPSA) is 45.0 Å². The Morgan fingerprint density at radius 3 is 2.68 bits per heavy atom. The smallest absolute Gasteiger partial charge is 0.174 e. The highest BCUT2D eigenvalue weighted by atomic mass is 16.5. The van der Waals surface area contributed by atoms with Crippen LogP contribution in [0.4, 0.5) is 0 Å². The maximum atomic E-state index is 8.45. The van der Waals surface area contributed by atoms with E-state index in [0.717, 1.165) is 18.2 Å². The summed E-state index contributed by atoms with van der Waals surface area (Å²) < 4.78 is 5.24. The molecule has 19 heavy (non-hydrogen) atoms. The van der Waals surface area contributed by atoms with Crippen LogP contribution in [0.5, 0.6) is 5.75 Å². The molecule has 1 N–H and O–H groups in total. The number of nitrogens with one attached hydrogen (secondary N) is 1. The van der Waals surface area contributed by atoms with Crippen molar-refractivity contribution < 1.29 is 4.74 Å². The molecule has 1 fully saturated rings. The maximum absolute atomic E-state index is 8.45. The van der Waals surface area contributed by atoms with E-state index in [1.165, 1.54) is 31.2 Å². The normalized spacial score (nSPS) is 15.8. The molecule has 1 aliphatic carbocycles. The average Bonchev–Trinajstić information content (AvgIpc) is 3.26. The third-order valence-corrected chi connectivity index (χ3v) is 3.63. The number of nitrogens with zero attached hydrogens (tertiary/aromatic N) is 1. The fraction of sp³-hybridized carbons (Fsp3) is 0.562. The largest absolute Gasteiger partial charge is 0.479 e. The first kappa shape index (κ1) is 13.9. The number of rotatable bonds is 8. The van der Waals surface area contributed by atoms with Crippen LogP contribution in [-0.4, -0.2) is 12.6 Å². The zero-order chi connectivity index (χ0) is 13.5. The van der Waals surface area contributed by atoms with E-state index in [0.29, 0.717) is 6.04 Å². The van der Waals surface area contributed by atoms with E-state index in [1.807, 2.05) is 18.2 Å². The van der Waals surface area contributed by atoms with Crippen molar-refractivity contribution >= 4 is 0 Å². The Morgan fingerprint density at radius 1 is 1.37 bits per heavy atom. The summed E-state index contributed by atoms with van der Waals surface area (Å²) in [6.45, 7) is 3.26. The van der Waals surface area contributed by atoms with Crippen LogP contribution in [0.15, 0.2) is 24.3 Å². The summed E-state index contributed by atoms with van der Waals surface area (Å²) >= 11 is 0. The molecule has 0 saturated heterocycles. The molecule has 1 aliphatic rings. The van der Waals surface area contributed by atoms with Crippen molar-refractivity contribution in [2.75, 3.05) is 6.61 Å². The highest BCUT2D eigenvalue weighted by molar-refractivity contribution is 5.27. The molecule has 1 saturated carbocycles. The second kappa shape index (κ2) is 7.16. The van der Waals surface area contributed by atoms with Crippen LogP contribution in [-0.2, 0) is 6.54 Å². The molecule has 0 spiro atoms. The molecular formula is C16H22N2O. The van der Waals surface area contributed by atoms with Crippen molar-refractivity contribution in [3.05, 3.63) is 29.8 Å². The Hall–Kier alpha value is -1.53. The number of ether oxygens (including phenoxy) is 1. The van der Waals surface area contributed by atoms with E-state index in [4.69, 9.17) is 10.00 Å². The van der Waals surface area contributed by atoms with Gasteiger partial charge < -0.3 is 10.1 Å². The zero-order valence-corrected chi connectivity index (χ0v) is 11.6. The van der Waals surface area contributed by atoms with Crippen LogP contribution in [0.2, 0.25) is 0 Å². The molecule has 0 bridgehead atoms. The van der Waals surface area contributed by atoms with Gasteiger partial charge in [-0.3, -0.25) is 0 Å². The van der Waals surface area contributed by atoms with Gasteiger partial charge in [0.1, 0.15) is 11.8 Å². The van der Waals surface area contributed by atoms with E-state index in [2.05, 4.69) is 24.4 Å². The van der Waals surface area contributed by atoms with Gasteiger partial charge in [0.2, 0.25) is 0 Å². The van der Waals surface area contributed by atoms with E-state index in [-0.39, 0.29) is 6.61 Å². The molecule has 1 aromatic carbocycles. The summed E-state index contributed by atoms with van der Waals surface area (Å²) in [5.41, 5.74) is 1.26. The van der Waals surface area contributed by atoms with Crippen molar-refractivity contribution in [2.24, 2.45) is 5.92 Å². The summed E-state index contributed by atoms with van der Waals surface area (Å²) in [5, 5.41) is 12.1. The lowest BCUT2D eigenvalue weighted by Gasteiger charge is -2.16. The number of benzene rings is 1. The van der Waals surface area contributed by atoms with E-state index >= 15 is 0 Å². The Kier molecular flexibility index (Phi) is 5.23. The molecule has 3 heteroatoms. The molecule has 102 valence electrons. The molecule has 1 unspecified atom stereocenters. The first-order chi connectivity index (χ1) is 9.31. The molecule has 3 nitrogen and oxygen atoms in total. The highest BCUT2D eigenvalue weighted by Crippen LogP contribution is 2.34. The van der Waals surface area contributed by atoms with E-state index in [1.54, 1.807) is 0 Å². The van der Waals surface area contributed by atoms with Crippen LogP contribution < -0.4 is 10.1 Å². The monoisotopic (exact) mass is 258 g/mol. The van der Waals surface area contributed by atoms with Crippen molar-refractivity contribution in [1.82, 2.24) is 5.32 Å². The minimum atomic E-state index is 0.108. The molecule has 2 rings (SSSR count). The molecule has 1 atom stereocenters. The molecule has 0 aliphatic heterocycles. The molecule has 0 amide bonds. The minimum absolute atomic E-state index is 0.108. The predicted octanol–water partition coefficient (Wildman–Crippen LogP) is 3.26. The summed E-state index contributed by atoms with van der Waals surface area (Å²) in [6.07, 6.45) is 5.35. The quantitative estimate of drug-likeness (QED) is 0.778. The number of hydrogen-bond donors (Lipinski definition) is 1. The summed E-state index contributed by atoms with van der Waals surface area (Å²) in [5.74, 6) is 1.73. The van der Waals surface area contributed by atoms with Crippen molar-refractivity contribution in [1.29, 1.82) is 5.26 Å². The summed E-state index contributed by atoms with van der Waals surface area (Å²) in [4.78, 5) is 0. The molecule has 0 radical (unpaired) electrons. The van der Waals surface area contributed by atoms with Crippen LogP contribution in [0.3, 0.4) is 0 Å². The Balaban J connectivity index is 1.76. The molecule has 1 aromatic rings. The summed E-state index contributed by atoms with van der Waals surface area (Å²) in [7, 11) is 0. The van der Waals surface area contributed by atoms with Gasteiger partial charge in [-0.2, -0.15) is 5.26 Å². The lowest BCUT2D eigenvalue weighted by Crippen LogP contribution is -2.28. The summed E-state index contributed by atoms with van der Waals surface area (Å²) in [6, 6.07) is 10.6. The highest BCUT2D eigenvalue weighted by Gasteiger charge is 2.24. The fourth-order valence-corrected chi connectivity index (χ4v) is 2.23. The lowest BCUT2D eigenvalue weighted by molar-refractivity contribution is 0.368. The van der Waals surface area contributed by atoms with Gasteiger partial charge in [0.15, 0.2) is 6.61 Å². The van der Waals surface area contributed by atoms with Gasteiger partial charge in [-0.05, 0) is 36.5 Å². The molecule has 0 heterocycles. The van der Waals surface area contributed by atoms with Gasteiger partial charge in [-0.15, -0.1) is 0 Å². The van der Waals surface area contributed by atoms with Crippen LogP contribution in [0, 0.1) is 17.2 Å². The van der Waals surface area contributed by atoms with Gasteiger partial charge in [0.25, 0.3) is 0 Å². The zero-order valence-electron chi connectivity index (χ0n) is 11.6. The molecular weight excluding hydrogens is 236 g/mol. The second-order valence-electron chi connectivity index (χ2n) is 5.26.